The van der Waals surface area contributed by atoms with Crippen LogP contribution in [0.4, 0.5) is 0 Å². The van der Waals surface area contributed by atoms with Crippen molar-refractivity contribution >= 4 is 10.9 Å². The van der Waals surface area contributed by atoms with E-state index in [0.717, 1.165) is 29.4 Å². The number of aromatic nitrogens is 3. The van der Waals surface area contributed by atoms with E-state index < -0.39 is 0 Å². The summed E-state index contributed by atoms with van der Waals surface area (Å²) in [4.78, 5) is 0. The van der Waals surface area contributed by atoms with Gasteiger partial charge in [0, 0.05) is 17.3 Å². The molecule has 0 radical (unpaired) electrons. The molecule has 3 rings (SSSR count). The molecule has 1 aromatic carbocycles. The van der Waals surface area contributed by atoms with Crippen molar-refractivity contribution in [2.45, 2.75) is 26.3 Å². The van der Waals surface area contributed by atoms with Crippen molar-refractivity contribution in [3.8, 4) is 17.7 Å². The monoisotopic (exact) mass is 266 g/mol. The maximum Gasteiger partial charge on any atom is 0.264 e. The average molecular weight is 266 g/mol. The summed E-state index contributed by atoms with van der Waals surface area (Å²) in [6.45, 7) is 2.32. The lowest BCUT2D eigenvalue weighted by Gasteiger charge is -2.02. The minimum atomic E-state index is 0.258. The molecule has 0 N–H and O–H groups in total. The number of benzene rings is 1. The van der Waals surface area contributed by atoms with Gasteiger partial charge in [-0.05, 0) is 18.6 Å². The van der Waals surface area contributed by atoms with Crippen LogP contribution in [0.25, 0.3) is 22.5 Å². The van der Waals surface area contributed by atoms with Gasteiger partial charge in [0.25, 0.3) is 5.89 Å². The van der Waals surface area contributed by atoms with Crippen LogP contribution < -0.4 is 0 Å². The van der Waals surface area contributed by atoms with E-state index in [0.29, 0.717) is 11.8 Å². The summed E-state index contributed by atoms with van der Waals surface area (Å²) in [7, 11) is 0. The Morgan fingerprint density at radius 3 is 2.95 bits per heavy atom. The van der Waals surface area contributed by atoms with Gasteiger partial charge in [0.2, 0.25) is 5.89 Å². The fraction of sp³-hybridized carbons (Fsp3) is 0.267. The third-order valence-electron chi connectivity index (χ3n) is 3.19. The van der Waals surface area contributed by atoms with E-state index in [1.807, 2.05) is 34.9 Å². The second-order valence-electron chi connectivity index (χ2n) is 4.58. The summed E-state index contributed by atoms with van der Waals surface area (Å²) in [5, 5.41) is 18.2. The van der Waals surface area contributed by atoms with Gasteiger partial charge in [0.1, 0.15) is 12.2 Å². The summed E-state index contributed by atoms with van der Waals surface area (Å²) in [6, 6.07) is 12.1. The topological polar surface area (TPSA) is 67.6 Å². The molecule has 100 valence electrons. The van der Waals surface area contributed by atoms with Gasteiger partial charge in [-0.25, -0.2) is 0 Å². The first-order valence-electron chi connectivity index (χ1n) is 6.61. The largest absolute Gasteiger partial charge is 0.419 e. The molecule has 0 unspecified atom stereocenters. The number of para-hydroxylation sites is 1. The molecule has 0 atom stereocenters. The van der Waals surface area contributed by atoms with Crippen LogP contribution >= 0.6 is 0 Å². The molecule has 3 aromatic rings. The quantitative estimate of drug-likeness (QED) is 0.727. The number of nitriles is 1. The van der Waals surface area contributed by atoms with Crippen LogP contribution in [0, 0.1) is 11.3 Å². The van der Waals surface area contributed by atoms with Gasteiger partial charge in [-0.3, -0.25) is 0 Å². The molecular formula is C15H14N4O. The van der Waals surface area contributed by atoms with Gasteiger partial charge in [-0.1, -0.05) is 25.1 Å². The lowest BCUT2D eigenvalue weighted by molar-refractivity contribution is 0.499. The molecule has 0 saturated carbocycles. The fourth-order valence-corrected chi connectivity index (χ4v) is 2.30. The highest BCUT2D eigenvalue weighted by Crippen LogP contribution is 2.27. The van der Waals surface area contributed by atoms with Crippen LogP contribution in [0.15, 0.2) is 34.7 Å². The van der Waals surface area contributed by atoms with Crippen molar-refractivity contribution in [3.63, 3.8) is 0 Å². The van der Waals surface area contributed by atoms with Crippen LogP contribution in [0.5, 0.6) is 0 Å². The molecule has 0 aliphatic rings. The molecule has 0 saturated heterocycles. The van der Waals surface area contributed by atoms with Crippen LogP contribution in [0.3, 0.4) is 0 Å². The first kappa shape index (κ1) is 12.4. The van der Waals surface area contributed by atoms with E-state index in [2.05, 4.69) is 23.2 Å². The predicted octanol–water partition coefficient (Wildman–Crippen LogP) is 3.17. The third-order valence-corrected chi connectivity index (χ3v) is 3.19. The molecule has 0 aliphatic carbocycles. The van der Waals surface area contributed by atoms with E-state index >= 15 is 0 Å². The van der Waals surface area contributed by atoms with Crippen molar-refractivity contribution in [1.29, 1.82) is 5.26 Å². The number of rotatable bonds is 4. The highest BCUT2D eigenvalue weighted by Gasteiger charge is 2.15. The van der Waals surface area contributed by atoms with Crippen LogP contribution in [0.2, 0.25) is 0 Å². The molecule has 0 amide bonds. The standard InChI is InChI=1S/C15H14N4O/c1-2-5-14-17-18-15(20-14)13-10-11-6-3-4-7-12(11)19(13)9-8-16/h3-4,6-7,10H,2,5,9H2,1H3. The number of fused-ring (bicyclic) bond motifs is 1. The van der Waals surface area contributed by atoms with Crippen LogP contribution in [-0.2, 0) is 13.0 Å². The van der Waals surface area contributed by atoms with E-state index in [-0.39, 0.29) is 6.54 Å². The number of nitrogens with zero attached hydrogens (tertiary/aromatic N) is 4. The molecule has 2 heterocycles. The van der Waals surface area contributed by atoms with E-state index in [4.69, 9.17) is 9.68 Å². The Labute approximate surface area is 116 Å². The first-order valence-corrected chi connectivity index (χ1v) is 6.61. The summed E-state index contributed by atoms with van der Waals surface area (Å²) < 4.78 is 7.58. The minimum Gasteiger partial charge on any atom is -0.419 e. The van der Waals surface area contributed by atoms with Crippen LogP contribution in [0.1, 0.15) is 19.2 Å². The van der Waals surface area contributed by atoms with Gasteiger partial charge in [-0.2, -0.15) is 5.26 Å². The zero-order chi connectivity index (χ0) is 13.9. The smallest absolute Gasteiger partial charge is 0.264 e. The lowest BCUT2D eigenvalue weighted by Crippen LogP contribution is -1.97. The van der Waals surface area contributed by atoms with Gasteiger partial charge < -0.3 is 8.98 Å². The van der Waals surface area contributed by atoms with Gasteiger partial charge in [-0.15, -0.1) is 10.2 Å². The Morgan fingerprint density at radius 2 is 2.15 bits per heavy atom. The van der Waals surface area contributed by atoms with Gasteiger partial charge in [0.15, 0.2) is 0 Å². The van der Waals surface area contributed by atoms with Gasteiger partial charge in [0.05, 0.1) is 6.07 Å². The molecule has 0 spiro atoms. The number of aryl methyl sites for hydroxylation is 1. The van der Waals surface area contributed by atoms with Crippen molar-refractivity contribution in [1.82, 2.24) is 14.8 Å². The molecule has 5 nitrogen and oxygen atoms in total. The second-order valence-corrected chi connectivity index (χ2v) is 4.58. The molecule has 2 aromatic heterocycles. The van der Waals surface area contributed by atoms with E-state index in [1.54, 1.807) is 0 Å². The average Bonchev–Trinajstić information content (AvgIpc) is 3.05. The maximum absolute atomic E-state index is 9.02. The summed E-state index contributed by atoms with van der Waals surface area (Å²) in [5.41, 5.74) is 1.79. The summed E-state index contributed by atoms with van der Waals surface area (Å²) >= 11 is 0. The number of hydrogen-bond acceptors (Lipinski definition) is 4. The van der Waals surface area contributed by atoms with Gasteiger partial charge >= 0.3 is 0 Å². The van der Waals surface area contributed by atoms with Crippen LogP contribution in [-0.4, -0.2) is 14.8 Å². The van der Waals surface area contributed by atoms with E-state index in [9.17, 15) is 0 Å². The first-order chi connectivity index (χ1) is 9.83. The molecule has 20 heavy (non-hydrogen) atoms. The highest BCUT2D eigenvalue weighted by atomic mass is 16.4. The minimum absolute atomic E-state index is 0.258. The Morgan fingerprint density at radius 1 is 1.30 bits per heavy atom. The summed E-state index contributed by atoms with van der Waals surface area (Å²) in [6.07, 6.45) is 1.73. The van der Waals surface area contributed by atoms with Crippen molar-refractivity contribution < 1.29 is 4.42 Å². The van der Waals surface area contributed by atoms with E-state index in [1.165, 1.54) is 0 Å². The zero-order valence-electron chi connectivity index (χ0n) is 11.2. The Balaban J connectivity index is 2.14. The molecular weight excluding hydrogens is 252 g/mol. The molecule has 0 aliphatic heterocycles. The Kier molecular flexibility index (Phi) is 3.21. The van der Waals surface area contributed by atoms with Crippen molar-refractivity contribution in [2.75, 3.05) is 0 Å². The SMILES string of the molecule is CCCc1nnc(-c2cc3ccccc3n2CC#N)o1. The molecule has 5 heteroatoms. The lowest BCUT2D eigenvalue weighted by atomic mass is 10.2. The highest BCUT2D eigenvalue weighted by molar-refractivity contribution is 5.85. The Bertz CT molecular complexity index is 779. The number of hydrogen-bond donors (Lipinski definition) is 0. The normalized spacial score (nSPS) is 10.8. The van der Waals surface area contributed by atoms with Crippen molar-refractivity contribution in [3.05, 3.63) is 36.2 Å². The summed E-state index contributed by atoms with van der Waals surface area (Å²) in [5.74, 6) is 1.11. The second kappa shape index (κ2) is 5.17. The Hall–Kier alpha value is -2.61. The van der Waals surface area contributed by atoms with Crippen molar-refractivity contribution in [2.24, 2.45) is 0 Å². The fourth-order valence-electron chi connectivity index (χ4n) is 2.30. The molecule has 0 bridgehead atoms. The maximum atomic E-state index is 9.02. The predicted molar refractivity (Wildman–Crippen MR) is 74.8 cm³/mol. The third kappa shape index (κ3) is 2.05. The zero-order valence-corrected chi connectivity index (χ0v) is 11.2. The molecule has 0 fully saturated rings.